The Hall–Kier alpha value is -1.95. The van der Waals surface area contributed by atoms with Crippen molar-refractivity contribution >= 4 is 11.8 Å². The second kappa shape index (κ2) is 5.53. The molecule has 2 amide bonds. The highest BCUT2D eigenvalue weighted by Gasteiger charge is 2.65. The summed E-state index contributed by atoms with van der Waals surface area (Å²) in [5, 5.41) is 0. The molecule has 0 unspecified atom stereocenters. The molecule has 0 bridgehead atoms. The Kier molecular flexibility index (Phi) is 3.65. The smallest absolute Gasteiger partial charge is 0.257 e. The van der Waals surface area contributed by atoms with E-state index in [4.69, 9.17) is 4.74 Å². The summed E-state index contributed by atoms with van der Waals surface area (Å²) in [5.74, 6) is -0.552. The van der Waals surface area contributed by atoms with Crippen LogP contribution >= 0.6 is 0 Å². The van der Waals surface area contributed by atoms with E-state index in [0.29, 0.717) is 25.5 Å². The molecule has 3 atom stereocenters. The Bertz CT molecular complexity index is 750. The molecule has 0 aromatic heterocycles. The Balaban J connectivity index is 1.66. The molecule has 3 heterocycles. The summed E-state index contributed by atoms with van der Waals surface area (Å²) in [5.41, 5.74) is 0.184. The molecule has 3 aliphatic rings. The number of ether oxygens (including phenoxy) is 1. The lowest BCUT2D eigenvalue weighted by molar-refractivity contribution is -0.139. The van der Waals surface area contributed by atoms with Crippen LogP contribution in [-0.2, 0) is 9.53 Å². The minimum absolute atomic E-state index is 0.0309. The molecule has 1 spiro atoms. The zero-order valence-corrected chi connectivity index (χ0v) is 14.8. The van der Waals surface area contributed by atoms with Crippen LogP contribution in [0.5, 0.6) is 0 Å². The molecule has 0 saturated carbocycles. The summed E-state index contributed by atoms with van der Waals surface area (Å²) < 4.78 is 20.3. The SMILES string of the molecule is Cc1ccc(F)c(C(=O)N2CC[C@@]34OC[C@@H](C(C)C)N3C(=O)C[C@@H]24)c1. The Morgan fingerprint density at radius 3 is 2.88 bits per heavy atom. The highest BCUT2D eigenvalue weighted by molar-refractivity contribution is 5.96. The summed E-state index contributed by atoms with van der Waals surface area (Å²) in [6.45, 7) is 6.96. The first-order valence-electron chi connectivity index (χ1n) is 8.88. The van der Waals surface area contributed by atoms with Crippen molar-refractivity contribution in [2.24, 2.45) is 5.92 Å². The number of benzene rings is 1. The van der Waals surface area contributed by atoms with Gasteiger partial charge in [-0.2, -0.15) is 0 Å². The molecule has 3 fully saturated rings. The van der Waals surface area contributed by atoms with Crippen LogP contribution in [0.25, 0.3) is 0 Å². The van der Waals surface area contributed by atoms with Crippen molar-refractivity contribution in [3.05, 3.63) is 35.1 Å². The van der Waals surface area contributed by atoms with Crippen LogP contribution in [0.3, 0.4) is 0 Å². The van der Waals surface area contributed by atoms with Crippen LogP contribution in [0.15, 0.2) is 18.2 Å². The molecule has 0 radical (unpaired) electrons. The second-order valence-corrected chi connectivity index (χ2v) is 7.68. The number of nitrogens with zero attached hydrogens (tertiary/aromatic N) is 2. The zero-order valence-electron chi connectivity index (χ0n) is 14.8. The van der Waals surface area contributed by atoms with Gasteiger partial charge in [0.2, 0.25) is 5.91 Å². The van der Waals surface area contributed by atoms with Crippen molar-refractivity contribution in [2.45, 2.75) is 51.4 Å². The van der Waals surface area contributed by atoms with Crippen molar-refractivity contribution in [2.75, 3.05) is 13.2 Å². The van der Waals surface area contributed by atoms with Gasteiger partial charge in [-0.1, -0.05) is 25.5 Å². The molecule has 0 N–H and O–H groups in total. The summed E-state index contributed by atoms with van der Waals surface area (Å²) in [4.78, 5) is 29.1. The van der Waals surface area contributed by atoms with Gasteiger partial charge in [0.25, 0.3) is 5.91 Å². The molecule has 1 aromatic rings. The summed E-state index contributed by atoms with van der Waals surface area (Å²) in [6, 6.07) is 4.25. The first-order chi connectivity index (χ1) is 11.8. The van der Waals surface area contributed by atoms with Crippen molar-refractivity contribution in [1.29, 1.82) is 0 Å². The zero-order chi connectivity index (χ0) is 17.9. The minimum atomic E-state index is -0.720. The van der Waals surface area contributed by atoms with Gasteiger partial charge in [0.1, 0.15) is 5.82 Å². The van der Waals surface area contributed by atoms with Gasteiger partial charge < -0.3 is 14.5 Å². The number of likely N-dealkylation sites (tertiary alicyclic amines) is 1. The fraction of sp³-hybridized carbons (Fsp3) is 0.579. The maximum absolute atomic E-state index is 14.2. The number of halogens is 1. The van der Waals surface area contributed by atoms with Crippen LogP contribution in [0.4, 0.5) is 4.39 Å². The number of carbonyl (C=O) groups excluding carboxylic acids is 2. The van der Waals surface area contributed by atoms with Gasteiger partial charge in [-0.15, -0.1) is 0 Å². The van der Waals surface area contributed by atoms with Gasteiger partial charge >= 0.3 is 0 Å². The first-order valence-corrected chi connectivity index (χ1v) is 8.88. The molecule has 25 heavy (non-hydrogen) atoms. The lowest BCUT2D eigenvalue weighted by Crippen LogP contribution is -2.51. The Labute approximate surface area is 146 Å². The second-order valence-electron chi connectivity index (χ2n) is 7.68. The monoisotopic (exact) mass is 346 g/mol. The maximum atomic E-state index is 14.2. The molecular formula is C19H23FN2O3. The number of amides is 2. The third-order valence-corrected chi connectivity index (χ3v) is 5.87. The van der Waals surface area contributed by atoms with Gasteiger partial charge in [-0.25, -0.2) is 4.39 Å². The van der Waals surface area contributed by atoms with Gasteiger partial charge in [-0.05, 0) is 25.0 Å². The fourth-order valence-electron chi connectivity index (χ4n) is 4.57. The number of carbonyl (C=O) groups is 2. The number of hydrogen-bond acceptors (Lipinski definition) is 3. The maximum Gasteiger partial charge on any atom is 0.257 e. The molecule has 1 aromatic carbocycles. The highest BCUT2D eigenvalue weighted by Crippen LogP contribution is 2.49. The van der Waals surface area contributed by atoms with Crippen LogP contribution < -0.4 is 0 Å². The number of aryl methyl sites for hydroxylation is 1. The molecule has 3 saturated heterocycles. The average Bonchev–Trinajstić information content (AvgIpc) is 3.18. The topological polar surface area (TPSA) is 49.9 Å². The molecule has 4 rings (SSSR count). The van der Waals surface area contributed by atoms with E-state index in [2.05, 4.69) is 13.8 Å². The van der Waals surface area contributed by atoms with Gasteiger partial charge in [-0.3, -0.25) is 9.59 Å². The Morgan fingerprint density at radius 1 is 1.40 bits per heavy atom. The predicted molar refractivity (Wildman–Crippen MR) is 89.4 cm³/mol. The van der Waals surface area contributed by atoms with Crippen LogP contribution in [0.2, 0.25) is 0 Å². The quantitative estimate of drug-likeness (QED) is 0.826. The van der Waals surface area contributed by atoms with Crippen LogP contribution in [-0.4, -0.2) is 52.6 Å². The minimum Gasteiger partial charge on any atom is -0.351 e. The highest BCUT2D eigenvalue weighted by atomic mass is 19.1. The van der Waals surface area contributed by atoms with Gasteiger partial charge in [0.05, 0.1) is 30.7 Å². The van der Waals surface area contributed by atoms with E-state index in [1.54, 1.807) is 17.0 Å². The fourth-order valence-corrected chi connectivity index (χ4v) is 4.57. The van der Waals surface area contributed by atoms with E-state index in [9.17, 15) is 14.0 Å². The van der Waals surface area contributed by atoms with E-state index in [1.165, 1.54) is 6.07 Å². The third-order valence-electron chi connectivity index (χ3n) is 5.87. The summed E-state index contributed by atoms with van der Waals surface area (Å²) in [7, 11) is 0. The lowest BCUT2D eigenvalue weighted by Gasteiger charge is -2.34. The summed E-state index contributed by atoms with van der Waals surface area (Å²) in [6.07, 6.45) is 0.841. The van der Waals surface area contributed by atoms with Crippen molar-refractivity contribution in [3.63, 3.8) is 0 Å². The lowest BCUT2D eigenvalue weighted by atomic mass is 10.0. The van der Waals surface area contributed by atoms with Gasteiger partial charge in [0, 0.05) is 13.0 Å². The normalized spacial score (nSPS) is 31.0. The van der Waals surface area contributed by atoms with E-state index < -0.39 is 11.5 Å². The molecule has 0 aliphatic carbocycles. The molecule has 6 heteroatoms. The Morgan fingerprint density at radius 2 is 2.16 bits per heavy atom. The van der Waals surface area contributed by atoms with Crippen molar-refractivity contribution < 1.29 is 18.7 Å². The molecule has 3 aliphatic heterocycles. The van der Waals surface area contributed by atoms with Crippen molar-refractivity contribution in [3.8, 4) is 0 Å². The molecule has 5 nitrogen and oxygen atoms in total. The standard InChI is InChI=1S/C19H23FN2O3/c1-11(2)15-10-25-19-6-7-21(16(19)9-17(23)22(15)19)18(24)13-8-12(3)4-5-14(13)20/h4-5,8,11,15-16H,6-7,9-10H2,1-3H3/t15-,16+,19-/m0/s1. The van der Waals surface area contributed by atoms with Crippen molar-refractivity contribution in [1.82, 2.24) is 9.80 Å². The van der Waals surface area contributed by atoms with E-state index in [0.717, 1.165) is 5.56 Å². The predicted octanol–water partition coefficient (Wildman–Crippen LogP) is 2.33. The van der Waals surface area contributed by atoms with E-state index >= 15 is 0 Å². The van der Waals surface area contributed by atoms with Crippen LogP contribution in [0, 0.1) is 18.7 Å². The number of hydrogen-bond donors (Lipinski definition) is 0. The van der Waals surface area contributed by atoms with E-state index in [-0.39, 0.29) is 35.9 Å². The number of rotatable bonds is 2. The largest absolute Gasteiger partial charge is 0.351 e. The van der Waals surface area contributed by atoms with E-state index in [1.807, 2.05) is 11.8 Å². The third kappa shape index (κ3) is 2.23. The molecule has 134 valence electrons. The van der Waals surface area contributed by atoms with Crippen LogP contribution in [0.1, 0.15) is 42.6 Å². The first kappa shape index (κ1) is 16.5. The average molecular weight is 346 g/mol. The van der Waals surface area contributed by atoms with Gasteiger partial charge in [0.15, 0.2) is 5.72 Å². The summed E-state index contributed by atoms with van der Waals surface area (Å²) >= 11 is 0. The molecular weight excluding hydrogens is 323 g/mol.